The van der Waals surface area contributed by atoms with Gasteiger partial charge >= 0.3 is 0 Å². The number of benzene rings is 1. The van der Waals surface area contributed by atoms with Crippen LogP contribution < -0.4 is 20.1 Å². The van der Waals surface area contributed by atoms with Gasteiger partial charge in [-0.05, 0) is 44.0 Å². The van der Waals surface area contributed by atoms with Crippen molar-refractivity contribution in [3.05, 3.63) is 35.0 Å². The van der Waals surface area contributed by atoms with Gasteiger partial charge in [0.25, 0.3) is 0 Å². The molecule has 2 heterocycles. The lowest BCUT2D eigenvalue weighted by molar-refractivity contribution is 0.352. The highest BCUT2D eigenvalue weighted by molar-refractivity contribution is 5.48. The summed E-state index contributed by atoms with van der Waals surface area (Å²) in [7, 11) is 3.34. The van der Waals surface area contributed by atoms with Crippen molar-refractivity contribution in [2.45, 2.75) is 33.4 Å². The van der Waals surface area contributed by atoms with Gasteiger partial charge in [0.15, 0.2) is 11.5 Å². The molecule has 6 heteroatoms. The van der Waals surface area contributed by atoms with Crippen molar-refractivity contribution < 1.29 is 9.47 Å². The molecule has 0 fully saturated rings. The lowest BCUT2D eigenvalue weighted by atomic mass is 10.0. The molecule has 6 nitrogen and oxygen atoms in total. The first-order chi connectivity index (χ1) is 12.0. The molecule has 1 aliphatic rings. The number of nitrogens with one attached hydrogen (secondary N) is 2. The predicted molar refractivity (Wildman–Crippen MR) is 99.6 cm³/mol. The fraction of sp³-hybridized carbons (Fsp3) is 0.526. The zero-order valence-corrected chi connectivity index (χ0v) is 15.7. The molecule has 0 radical (unpaired) electrons. The van der Waals surface area contributed by atoms with Crippen molar-refractivity contribution in [2.75, 3.05) is 32.6 Å². The van der Waals surface area contributed by atoms with E-state index in [2.05, 4.69) is 46.4 Å². The van der Waals surface area contributed by atoms with Crippen LogP contribution in [-0.2, 0) is 6.54 Å². The van der Waals surface area contributed by atoms with Crippen LogP contribution in [0, 0.1) is 19.8 Å². The molecule has 25 heavy (non-hydrogen) atoms. The van der Waals surface area contributed by atoms with Crippen LogP contribution in [-0.4, -0.2) is 37.1 Å². The van der Waals surface area contributed by atoms with Crippen LogP contribution in [0.1, 0.15) is 29.8 Å². The van der Waals surface area contributed by atoms with E-state index in [4.69, 9.17) is 9.47 Å². The number of hydrogen-bond acceptors (Lipinski definition) is 5. The minimum absolute atomic E-state index is 0.237. The number of fused-ring (bicyclic) bond motifs is 1. The molecular formula is C19H28N4O2. The average Bonchev–Trinajstić information content (AvgIpc) is 2.98. The Morgan fingerprint density at radius 1 is 1.24 bits per heavy atom. The van der Waals surface area contributed by atoms with Crippen molar-refractivity contribution in [3.63, 3.8) is 0 Å². The number of rotatable bonds is 6. The molecule has 0 aliphatic carbocycles. The molecule has 0 amide bonds. The zero-order valence-electron chi connectivity index (χ0n) is 15.7. The maximum Gasteiger partial charge on any atom is 0.161 e. The number of ether oxygens (including phenoxy) is 2. The molecule has 0 unspecified atom stereocenters. The molecule has 136 valence electrons. The molecule has 0 bridgehead atoms. The predicted octanol–water partition coefficient (Wildman–Crippen LogP) is 2.91. The average molecular weight is 344 g/mol. The maximum absolute atomic E-state index is 5.44. The van der Waals surface area contributed by atoms with Crippen LogP contribution in [0.4, 0.5) is 5.82 Å². The highest BCUT2D eigenvalue weighted by Crippen LogP contribution is 2.33. The van der Waals surface area contributed by atoms with Gasteiger partial charge in [-0.25, -0.2) is 4.68 Å². The monoisotopic (exact) mass is 344 g/mol. The first-order valence-electron chi connectivity index (χ1n) is 8.76. The van der Waals surface area contributed by atoms with E-state index in [9.17, 15) is 0 Å². The number of hydrogen-bond donors (Lipinski definition) is 2. The number of aromatic nitrogens is 2. The third-order valence-corrected chi connectivity index (χ3v) is 4.86. The lowest BCUT2D eigenvalue weighted by Crippen LogP contribution is -2.36. The lowest BCUT2D eigenvalue weighted by Gasteiger charge is -2.27. The second-order valence-corrected chi connectivity index (χ2v) is 6.79. The van der Waals surface area contributed by atoms with E-state index in [0.29, 0.717) is 5.92 Å². The highest BCUT2D eigenvalue weighted by Gasteiger charge is 2.20. The van der Waals surface area contributed by atoms with Gasteiger partial charge in [0.1, 0.15) is 5.82 Å². The first-order valence-corrected chi connectivity index (χ1v) is 8.76. The second-order valence-electron chi connectivity index (χ2n) is 6.79. The Balaban J connectivity index is 1.64. The summed E-state index contributed by atoms with van der Waals surface area (Å²) in [6.45, 7) is 9.17. The Morgan fingerprint density at radius 3 is 2.68 bits per heavy atom. The molecule has 1 aliphatic heterocycles. The Hall–Kier alpha value is -2.21. The summed E-state index contributed by atoms with van der Waals surface area (Å²) in [5, 5.41) is 11.7. The van der Waals surface area contributed by atoms with Crippen LogP contribution in [0.5, 0.6) is 11.5 Å². The summed E-state index contributed by atoms with van der Waals surface area (Å²) in [6, 6.07) is 6.44. The third-order valence-electron chi connectivity index (χ3n) is 4.86. The van der Waals surface area contributed by atoms with Gasteiger partial charge in [0, 0.05) is 37.7 Å². The molecule has 2 N–H and O–H groups in total. The molecule has 2 aromatic rings. The fourth-order valence-corrected chi connectivity index (χ4v) is 3.44. The minimum atomic E-state index is 0.237. The zero-order chi connectivity index (χ0) is 18.0. The number of anilines is 1. The molecule has 1 aromatic carbocycles. The molecule has 2 atom stereocenters. The summed E-state index contributed by atoms with van der Waals surface area (Å²) in [5.74, 6) is 3.17. The van der Waals surface area contributed by atoms with E-state index in [-0.39, 0.29) is 6.04 Å². The van der Waals surface area contributed by atoms with Gasteiger partial charge in [-0.2, -0.15) is 5.10 Å². The molecule has 1 aromatic heterocycles. The largest absolute Gasteiger partial charge is 0.493 e. The maximum atomic E-state index is 5.44. The minimum Gasteiger partial charge on any atom is -0.493 e. The van der Waals surface area contributed by atoms with E-state index in [1.54, 1.807) is 14.2 Å². The molecule has 0 saturated carbocycles. The van der Waals surface area contributed by atoms with Gasteiger partial charge < -0.3 is 20.1 Å². The fourth-order valence-electron chi connectivity index (χ4n) is 3.44. The Labute approximate surface area is 149 Å². The molecule has 0 spiro atoms. The SMILES string of the molecule is COc1cc(C)c([C@H](C)NC[C@H]2CNc3cc(C)nn3C2)cc1OC. The van der Waals surface area contributed by atoms with Crippen molar-refractivity contribution in [2.24, 2.45) is 5.92 Å². The third kappa shape index (κ3) is 3.74. The van der Waals surface area contributed by atoms with Crippen LogP contribution in [0.25, 0.3) is 0 Å². The summed E-state index contributed by atoms with van der Waals surface area (Å²) in [6.07, 6.45) is 0. The van der Waals surface area contributed by atoms with Crippen LogP contribution >= 0.6 is 0 Å². The van der Waals surface area contributed by atoms with E-state index < -0.39 is 0 Å². The second kappa shape index (κ2) is 7.35. The quantitative estimate of drug-likeness (QED) is 0.844. The van der Waals surface area contributed by atoms with Gasteiger partial charge in [-0.3, -0.25) is 0 Å². The molecule has 3 rings (SSSR count). The van der Waals surface area contributed by atoms with Crippen molar-refractivity contribution in [1.29, 1.82) is 0 Å². The Morgan fingerprint density at radius 2 is 1.96 bits per heavy atom. The van der Waals surface area contributed by atoms with Crippen LogP contribution in [0.15, 0.2) is 18.2 Å². The van der Waals surface area contributed by atoms with Gasteiger partial charge in [-0.15, -0.1) is 0 Å². The number of nitrogens with zero attached hydrogens (tertiary/aromatic N) is 2. The summed E-state index contributed by atoms with van der Waals surface area (Å²) in [5.41, 5.74) is 3.49. The first kappa shape index (κ1) is 17.6. The van der Waals surface area contributed by atoms with Crippen molar-refractivity contribution >= 4 is 5.82 Å². The highest BCUT2D eigenvalue weighted by atomic mass is 16.5. The Bertz CT molecular complexity index is 741. The summed E-state index contributed by atoms with van der Waals surface area (Å²) in [4.78, 5) is 0. The Kier molecular flexibility index (Phi) is 5.18. The van der Waals surface area contributed by atoms with E-state index >= 15 is 0 Å². The topological polar surface area (TPSA) is 60.3 Å². The summed E-state index contributed by atoms with van der Waals surface area (Å²) < 4.78 is 12.9. The van der Waals surface area contributed by atoms with Crippen LogP contribution in [0.2, 0.25) is 0 Å². The normalized spacial score (nSPS) is 17.6. The van der Waals surface area contributed by atoms with E-state index in [1.807, 2.05) is 13.0 Å². The van der Waals surface area contributed by atoms with E-state index in [1.165, 1.54) is 11.1 Å². The van der Waals surface area contributed by atoms with Gasteiger partial charge in [0.05, 0.1) is 19.9 Å². The molecule has 0 saturated heterocycles. The van der Waals surface area contributed by atoms with E-state index in [0.717, 1.165) is 42.6 Å². The van der Waals surface area contributed by atoms with Crippen molar-refractivity contribution in [1.82, 2.24) is 15.1 Å². The van der Waals surface area contributed by atoms with Gasteiger partial charge in [0.2, 0.25) is 0 Å². The number of methoxy groups -OCH3 is 2. The van der Waals surface area contributed by atoms with Crippen molar-refractivity contribution in [3.8, 4) is 11.5 Å². The number of aryl methyl sites for hydroxylation is 2. The summed E-state index contributed by atoms with van der Waals surface area (Å²) >= 11 is 0. The van der Waals surface area contributed by atoms with Crippen LogP contribution in [0.3, 0.4) is 0 Å². The van der Waals surface area contributed by atoms with Gasteiger partial charge in [-0.1, -0.05) is 0 Å². The smallest absolute Gasteiger partial charge is 0.161 e. The standard InChI is InChI=1S/C19H28N4O2/c1-12-6-17(24-4)18(25-5)8-16(12)14(3)20-9-15-10-21-19-7-13(2)22-23(19)11-15/h6-8,14-15,20-21H,9-11H2,1-5H3/t14-,15-/m0/s1. The molecular weight excluding hydrogens is 316 g/mol.